The number of hydrogen-bond donors (Lipinski definition) is 3. The van der Waals surface area contributed by atoms with Crippen LogP contribution in [0.3, 0.4) is 0 Å². The van der Waals surface area contributed by atoms with Gasteiger partial charge in [-0.3, -0.25) is 10.3 Å². The predicted octanol–water partition coefficient (Wildman–Crippen LogP) is 3.45. The molecule has 2 aromatic rings. The van der Waals surface area contributed by atoms with Crippen LogP contribution in [0.15, 0.2) is 46.8 Å². The number of benzene rings is 1. The highest BCUT2D eigenvalue weighted by Crippen LogP contribution is 2.10. The van der Waals surface area contributed by atoms with Crippen LogP contribution in [0.4, 0.5) is 10.5 Å². The highest BCUT2D eigenvalue weighted by atomic mass is 127. The van der Waals surface area contributed by atoms with Gasteiger partial charge in [0, 0.05) is 30.7 Å². The minimum Gasteiger partial charge on any atom is -0.453 e. The summed E-state index contributed by atoms with van der Waals surface area (Å²) in [6.45, 7) is 1.49. The fourth-order valence-corrected chi connectivity index (χ4v) is 2.75. The summed E-state index contributed by atoms with van der Waals surface area (Å²) in [7, 11) is 3.09. The molecule has 0 atom stereocenters. The molecular formula is C17H23IN4O2S. The second-order valence-electron chi connectivity index (χ2n) is 5.00. The van der Waals surface area contributed by atoms with Crippen LogP contribution in [-0.4, -0.2) is 32.8 Å². The third kappa shape index (κ3) is 7.74. The number of carbonyl (C=O) groups is 1. The lowest BCUT2D eigenvalue weighted by atomic mass is 10.2. The van der Waals surface area contributed by atoms with Crippen LogP contribution in [0.5, 0.6) is 0 Å². The molecule has 0 saturated heterocycles. The summed E-state index contributed by atoms with van der Waals surface area (Å²) >= 11 is 1.76. The van der Waals surface area contributed by atoms with Crippen molar-refractivity contribution in [3.63, 3.8) is 0 Å². The zero-order valence-electron chi connectivity index (χ0n) is 14.2. The van der Waals surface area contributed by atoms with E-state index in [4.69, 9.17) is 0 Å². The van der Waals surface area contributed by atoms with E-state index in [1.165, 1.54) is 12.0 Å². The summed E-state index contributed by atoms with van der Waals surface area (Å²) < 4.78 is 4.56. The molecule has 6 nitrogen and oxygen atoms in total. The first-order chi connectivity index (χ1) is 11.7. The number of ether oxygens (including phenoxy) is 1. The van der Waals surface area contributed by atoms with Gasteiger partial charge < -0.3 is 15.4 Å². The summed E-state index contributed by atoms with van der Waals surface area (Å²) in [5, 5.41) is 11.3. The van der Waals surface area contributed by atoms with Crippen molar-refractivity contribution >= 4 is 53.1 Å². The lowest BCUT2D eigenvalue weighted by Crippen LogP contribution is -2.37. The molecule has 2 rings (SSSR count). The van der Waals surface area contributed by atoms with E-state index < -0.39 is 6.09 Å². The fraction of sp³-hybridized carbons (Fsp3) is 0.294. The van der Waals surface area contributed by atoms with E-state index in [0.717, 1.165) is 24.5 Å². The molecule has 1 aromatic carbocycles. The predicted molar refractivity (Wildman–Crippen MR) is 114 cm³/mol. The first-order valence-electron chi connectivity index (χ1n) is 7.62. The number of nitrogens with one attached hydrogen (secondary N) is 3. The highest BCUT2D eigenvalue weighted by molar-refractivity contribution is 14.0. The average Bonchev–Trinajstić information content (AvgIpc) is 3.12. The molecule has 0 unspecified atom stereocenters. The van der Waals surface area contributed by atoms with E-state index >= 15 is 0 Å². The number of guanidine groups is 1. The average molecular weight is 474 g/mol. The standard InChI is InChI=1S/C17H22N4O2S.HI/c1-18-16(19-10-9-15-4-3-11-24-15)20-12-13-5-7-14(8-6-13)21-17(22)23-2;/h3-8,11H,9-10,12H2,1-2H3,(H,21,22)(H2,18,19,20);1H. The van der Waals surface area contributed by atoms with Gasteiger partial charge in [-0.05, 0) is 35.6 Å². The van der Waals surface area contributed by atoms with Gasteiger partial charge in [-0.15, -0.1) is 35.3 Å². The first kappa shape index (κ1) is 21.2. The van der Waals surface area contributed by atoms with Crippen molar-refractivity contribution in [1.82, 2.24) is 10.6 Å². The number of methoxy groups -OCH3 is 1. The van der Waals surface area contributed by atoms with E-state index in [9.17, 15) is 4.79 Å². The number of carbonyl (C=O) groups excluding carboxylic acids is 1. The third-order valence-corrected chi connectivity index (χ3v) is 4.25. The van der Waals surface area contributed by atoms with Crippen molar-refractivity contribution in [2.24, 2.45) is 4.99 Å². The van der Waals surface area contributed by atoms with Crippen molar-refractivity contribution in [3.05, 3.63) is 52.2 Å². The lowest BCUT2D eigenvalue weighted by Gasteiger charge is -2.12. The van der Waals surface area contributed by atoms with Gasteiger partial charge in [-0.2, -0.15) is 0 Å². The Labute approximate surface area is 169 Å². The first-order valence-corrected chi connectivity index (χ1v) is 8.50. The molecule has 1 heterocycles. The monoisotopic (exact) mass is 474 g/mol. The molecule has 0 radical (unpaired) electrons. The molecular weight excluding hydrogens is 451 g/mol. The maximum atomic E-state index is 11.1. The van der Waals surface area contributed by atoms with Gasteiger partial charge in [0.05, 0.1) is 7.11 Å². The van der Waals surface area contributed by atoms with Gasteiger partial charge in [-0.1, -0.05) is 18.2 Å². The number of thiophene rings is 1. The van der Waals surface area contributed by atoms with E-state index in [1.54, 1.807) is 18.4 Å². The minimum atomic E-state index is -0.476. The zero-order chi connectivity index (χ0) is 17.2. The quantitative estimate of drug-likeness (QED) is 0.341. The number of hydrogen-bond acceptors (Lipinski definition) is 4. The normalized spacial score (nSPS) is 10.6. The molecule has 1 aromatic heterocycles. The van der Waals surface area contributed by atoms with Crippen LogP contribution < -0.4 is 16.0 Å². The molecule has 136 valence electrons. The Morgan fingerprint density at radius 2 is 1.96 bits per heavy atom. The third-order valence-electron chi connectivity index (χ3n) is 3.31. The number of halogens is 1. The van der Waals surface area contributed by atoms with Crippen LogP contribution in [0.2, 0.25) is 0 Å². The maximum absolute atomic E-state index is 11.1. The smallest absolute Gasteiger partial charge is 0.411 e. The second kappa shape index (κ2) is 11.7. The molecule has 0 fully saturated rings. The van der Waals surface area contributed by atoms with Crippen LogP contribution in [-0.2, 0) is 17.7 Å². The van der Waals surface area contributed by atoms with Crippen molar-refractivity contribution < 1.29 is 9.53 Å². The van der Waals surface area contributed by atoms with Gasteiger partial charge in [0.25, 0.3) is 0 Å². The Morgan fingerprint density at radius 1 is 1.20 bits per heavy atom. The molecule has 1 amide bonds. The van der Waals surface area contributed by atoms with E-state index in [-0.39, 0.29) is 24.0 Å². The van der Waals surface area contributed by atoms with Gasteiger partial charge >= 0.3 is 6.09 Å². The maximum Gasteiger partial charge on any atom is 0.411 e. The van der Waals surface area contributed by atoms with Crippen LogP contribution in [0, 0.1) is 0 Å². The Balaban J connectivity index is 0.00000312. The Hall–Kier alpha value is -1.81. The number of aliphatic imine (C=N–C) groups is 1. The van der Waals surface area contributed by atoms with E-state index in [1.807, 2.05) is 24.3 Å². The highest BCUT2D eigenvalue weighted by Gasteiger charge is 2.02. The molecule has 0 saturated carbocycles. The Bertz CT molecular complexity index is 660. The summed E-state index contributed by atoms with van der Waals surface area (Å²) in [6.07, 6.45) is 0.503. The summed E-state index contributed by atoms with van der Waals surface area (Å²) in [6, 6.07) is 11.7. The van der Waals surface area contributed by atoms with Gasteiger partial charge in [-0.25, -0.2) is 4.79 Å². The minimum absolute atomic E-state index is 0. The zero-order valence-corrected chi connectivity index (χ0v) is 17.4. The van der Waals surface area contributed by atoms with Crippen LogP contribution >= 0.6 is 35.3 Å². The van der Waals surface area contributed by atoms with Crippen molar-refractivity contribution in [3.8, 4) is 0 Å². The van der Waals surface area contributed by atoms with Crippen molar-refractivity contribution in [2.75, 3.05) is 26.0 Å². The van der Waals surface area contributed by atoms with Crippen LogP contribution in [0.1, 0.15) is 10.4 Å². The second-order valence-corrected chi connectivity index (χ2v) is 6.03. The van der Waals surface area contributed by atoms with E-state index in [2.05, 4.69) is 43.2 Å². The number of anilines is 1. The Kier molecular flexibility index (Phi) is 9.93. The summed E-state index contributed by atoms with van der Waals surface area (Å²) in [4.78, 5) is 16.7. The molecule has 0 aliphatic carbocycles. The molecule has 3 N–H and O–H groups in total. The summed E-state index contributed by atoms with van der Waals surface area (Å²) in [5.74, 6) is 0.767. The SMILES string of the molecule is CN=C(NCCc1cccs1)NCc1ccc(NC(=O)OC)cc1.I. The molecule has 0 aliphatic rings. The lowest BCUT2D eigenvalue weighted by molar-refractivity contribution is 0.187. The molecule has 0 spiro atoms. The summed E-state index contributed by atoms with van der Waals surface area (Å²) in [5.41, 5.74) is 1.79. The van der Waals surface area contributed by atoms with Crippen LogP contribution in [0.25, 0.3) is 0 Å². The molecule has 0 bridgehead atoms. The Morgan fingerprint density at radius 3 is 2.56 bits per heavy atom. The van der Waals surface area contributed by atoms with Crippen molar-refractivity contribution in [1.29, 1.82) is 0 Å². The van der Waals surface area contributed by atoms with Crippen molar-refractivity contribution in [2.45, 2.75) is 13.0 Å². The fourth-order valence-electron chi connectivity index (χ4n) is 2.04. The molecule has 25 heavy (non-hydrogen) atoms. The number of rotatable bonds is 6. The van der Waals surface area contributed by atoms with E-state index in [0.29, 0.717) is 12.2 Å². The number of nitrogens with zero attached hydrogens (tertiary/aromatic N) is 1. The van der Waals surface area contributed by atoms with Gasteiger partial charge in [0.15, 0.2) is 5.96 Å². The number of amides is 1. The largest absolute Gasteiger partial charge is 0.453 e. The molecule has 8 heteroatoms. The van der Waals surface area contributed by atoms with Gasteiger partial charge in [0.2, 0.25) is 0 Å². The molecule has 0 aliphatic heterocycles. The van der Waals surface area contributed by atoms with Gasteiger partial charge in [0.1, 0.15) is 0 Å². The topological polar surface area (TPSA) is 74.8 Å².